The minimum Gasteiger partial charge on any atom is -0.373 e. The zero-order valence-corrected chi connectivity index (χ0v) is 10.9. The SMILES string of the molecule is CCCC(OCC1CO1)C(CC)OCC1CO1. The van der Waals surface area contributed by atoms with Crippen LogP contribution in [0.25, 0.3) is 0 Å². The summed E-state index contributed by atoms with van der Waals surface area (Å²) in [5.74, 6) is 0. The zero-order chi connectivity index (χ0) is 12.1. The highest BCUT2D eigenvalue weighted by Gasteiger charge is 2.29. The van der Waals surface area contributed by atoms with Crippen LogP contribution in [0.3, 0.4) is 0 Å². The third-order valence-electron chi connectivity index (χ3n) is 3.19. The molecule has 2 aliphatic heterocycles. The van der Waals surface area contributed by atoms with Gasteiger partial charge < -0.3 is 18.9 Å². The summed E-state index contributed by atoms with van der Waals surface area (Å²) in [6.07, 6.45) is 4.22. The molecular weight excluding hydrogens is 220 g/mol. The number of hydrogen-bond donors (Lipinski definition) is 0. The average Bonchev–Trinajstić information content (AvgIpc) is 3.19. The Bertz CT molecular complexity index is 213. The quantitative estimate of drug-likeness (QED) is 0.549. The van der Waals surface area contributed by atoms with Crippen LogP contribution in [0.1, 0.15) is 33.1 Å². The van der Waals surface area contributed by atoms with Gasteiger partial charge in [-0.3, -0.25) is 0 Å². The maximum atomic E-state index is 5.92. The van der Waals surface area contributed by atoms with Crippen molar-refractivity contribution in [2.24, 2.45) is 0 Å². The van der Waals surface area contributed by atoms with E-state index in [0.29, 0.717) is 25.4 Å². The predicted octanol–water partition coefficient (Wildman–Crippen LogP) is 1.76. The maximum absolute atomic E-state index is 5.92. The van der Waals surface area contributed by atoms with Crippen LogP contribution in [0.4, 0.5) is 0 Å². The second-order valence-corrected chi connectivity index (χ2v) is 4.85. The summed E-state index contributed by atoms with van der Waals surface area (Å²) in [5, 5.41) is 0. The molecule has 4 heteroatoms. The molecule has 4 nitrogen and oxygen atoms in total. The molecule has 100 valence electrons. The monoisotopic (exact) mass is 244 g/mol. The molecule has 2 rings (SSSR count). The van der Waals surface area contributed by atoms with Gasteiger partial charge in [-0.05, 0) is 12.8 Å². The largest absolute Gasteiger partial charge is 0.373 e. The van der Waals surface area contributed by atoms with Gasteiger partial charge >= 0.3 is 0 Å². The molecule has 0 radical (unpaired) electrons. The molecule has 4 atom stereocenters. The fraction of sp³-hybridized carbons (Fsp3) is 1.00. The highest BCUT2D eigenvalue weighted by molar-refractivity contribution is 4.75. The first-order valence-electron chi connectivity index (χ1n) is 6.79. The summed E-state index contributed by atoms with van der Waals surface area (Å²) >= 11 is 0. The normalized spacial score (nSPS) is 30.0. The highest BCUT2D eigenvalue weighted by Crippen LogP contribution is 2.19. The van der Waals surface area contributed by atoms with Crippen LogP contribution in [0.15, 0.2) is 0 Å². The van der Waals surface area contributed by atoms with E-state index < -0.39 is 0 Å². The van der Waals surface area contributed by atoms with Gasteiger partial charge in [-0.15, -0.1) is 0 Å². The third-order valence-corrected chi connectivity index (χ3v) is 3.19. The van der Waals surface area contributed by atoms with E-state index in [1.165, 1.54) is 0 Å². The molecule has 0 aromatic rings. The van der Waals surface area contributed by atoms with Crippen LogP contribution in [-0.4, -0.2) is 50.8 Å². The molecule has 0 bridgehead atoms. The first-order chi connectivity index (χ1) is 8.33. The lowest BCUT2D eigenvalue weighted by Crippen LogP contribution is -2.33. The summed E-state index contributed by atoms with van der Waals surface area (Å²) in [6, 6.07) is 0. The zero-order valence-electron chi connectivity index (χ0n) is 10.9. The lowest BCUT2D eigenvalue weighted by molar-refractivity contribution is -0.0832. The van der Waals surface area contributed by atoms with Crippen molar-refractivity contribution >= 4 is 0 Å². The van der Waals surface area contributed by atoms with E-state index in [4.69, 9.17) is 18.9 Å². The Morgan fingerprint density at radius 3 is 1.94 bits per heavy atom. The summed E-state index contributed by atoms with van der Waals surface area (Å²) in [4.78, 5) is 0. The van der Waals surface area contributed by atoms with Crippen LogP contribution >= 0.6 is 0 Å². The van der Waals surface area contributed by atoms with Crippen molar-refractivity contribution in [3.63, 3.8) is 0 Å². The lowest BCUT2D eigenvalue weighted by Gasteiger charge is -2.26. The van der Waals surface area contributed by atoms with E-state index in [0.717, 1.165) is 32.5 Å². The summed E-state index contributed by atoms with van der Waals surface area (Å²) in [7, 11) is 0. The van der Waals surface area contributed by atoms with Gasteiger partial charge in [0, 0.05) is 0 Å². The molecular formula is C13H24O4. The van der Waals surface area contributed by atoms with E-state index >= 15 is 0 Å². The molecule has 2 saturated heterocycles. The number of ether oxygens (including phenoxy) is 4. The van der Waals surface area contributed by atoms with Gasteiger partial charge in [0.05, 0.1) is 38.6 Å². The fourth-order valence-corrected chi connectivity index (χ4v) is 1.94. The molecule has 0 amide bonds. The van der Waals surface area contributed by atoms with Gasteiger partial charge in [0.2, 0.25) is 0 Å². The highest BCUT2D eigenvalue weighted by atomic mass is 16.6. The second-order valence-electron chi connectivity index (χ2n) is 4.85. The van der Waals surface area contributed by atoms with Gasteiger partial charge in [-0.1, -0.05) is 20.3 Å². The molecule has 0 aliphatic carbocycles. The van der Waals surface area contributed by atoms with E-state index in [1.54, 1.807) is 0 Å². The van der Waals surface area contributed by atoms with Crippen LogP contribution in [-0.2, 0) is 18.9 Å². The van der Waals surface area contributed by atoms with E-state index in [-0.39, 0.29) is 12.2 Å². The number of epoxide rings is 2. The van der Waals surface area contributed by atoms with Crippen LogP contribution in [0, 0.1) is 0 Å². The number of rotatable bonds is 10. The minimum absolute atomic E-state index is 0.192. The Morgan fingerprint density at radius 2 is 1.53 bits per heavy atom. The maximum Gasteiger partial charge on any atom is 0.104 e. The molecule has 0 aromatic carbocycles. The van der Waals surface area contributed by atoms with Crippen molar-refractivity contribution in [3.8, 4) is 0 Å². The first-order valence-corrected chi connectivity index (χ1v) is 6.79. The molecule has 0 spiro atoms. The number of hydrogen-bond acceptors (Lipinski definition) is 4. The van der Waals surface area contributed by atoms with Crippen LogP contribution in [0.5, 0.6) is 0 Å². The molecule has 0 saturated carbocycles. The Morgan fingerprint density at radius 1 is 1.00 bits per heavy atom. The van der Waals surface area contributed by atoms with E-state index in [2.05, 4.69) is 13.8 Å². The molecule has 0 N–H and O–H groups in total. The molecule has 2 heterocycles. The Kier molecular flexibility index (Phi) is 5.22. The van der Waals surface area contributed by atoms with Crippen molar-refractivity contribution < 1.29 is 18.9 Å². The smallest absolute Gasteiger partial charge is 0.104 e. The average molecular weight is 244 g/mol. The Labute approximate surface area is 104 Å². The summed E-state index contributed by atoms with van der Waals surface area (Å²) in [6.45, 7) is 7.46. The van der Waals surface area contributed by atoms with E-state index in [9.17, 15) is 0 Å². The van der Waals surface area contributed by atoms with Gasteiger partial charge in [0.1, 0.15) is 12.2 Å². The molecule has 0 aromatic heterocycles. The Hall–Kier alpha value is -0.160. The first kappa shape index (κ1) is 13.3. The van der Waals surface area contributed by atoms with E-state index in [1.807, 2.05) is 0 Å². The fourth-order valence-electron chi connectivity index (χ4n) is 1.94. The predicted molar refractivity (Wildman–Crippen MR) is 64.2 cm³/mol. The lowest BCUT2D eigenvalue weighted by atomic mass is 10.1. The van der Waals surface area contributed by atoms with Crippen LogP contribution in [0.2, 0.25) is 0 Å². The molecule has 2 aliphatic rings. The molecule has 4 unspecified atom stereocenters. The van der Waals surface area contributed by atoms with Gasteiger partial charge in [0.15, 0.2) is 0 Å². The third kappa shape index (κ3) is 4.92. The van der Waals surface area contributed by atoms with Gasteiger partial charge in [0.25, 0.3) is 0 Å². The summed E-state index contributed by atoms with van der Waals surface area (Å²) in [5.41, 5.74) is 0. The van der Waals surface area contributed by atoms with Gasteiger partial charge in [-0.25, -0.2) is 0 Å². The van der Waals surface area contributed by atoms with Crippen molar-refractivity contribution in [1.82, 2.24) is 0 Å². The van der Waals surface area contributed by atoms with Crippen molar-refractivity contribution in [2.45, 2.75) is 57.5 Å². The van der Waals surface area contributed by atoms with Crippen molar-refractivity contribution in [3.05, 3.63) is 0 Å². The van der Waals surface area contributed by atoms with Crippen molar-refractivity contribution in [2.75, 3.05) is 26.4 Å². The van der Waals surface area contributed by atoms with Crippen molar-refractivity contribution in [1.29, 1.82) is 0 Å². The summed E-state index contributed by atoms with van der Waals surface area (Å²) < 4.78 is 22.2. The topological polar surface area (TPSA) is 43.5 Å². The molecule has 2 fully saturated rings. The van der Waals surface area contributed by atoms with Crippen LogP contribution < -0.4 is 0 Å². The molecule has 17 heavy (non-hydrogen) atoms. The standard InChI is InChI=1S/C13H24O4/c1-3-5-13(17-9-11-7-15-11)12(4-2)16-8-10-6-14-10/h10-13H,3-9H2,1-2H3. The van der Waals surface area contributed by atoms with Gasteiger partial charge in [-0.2, -0.15) is 0 Å². The second kappa shape index (κ2) is 6.69. The Balaban J connectivity index is 1.71. The minimum atomic E-state index is 0.192.